The van der Waals surface area contributed by atoms with Gasteiger partial charge in [0.15, 0.2) is 5.96 Å². The molecule has 0 unspecified atom stereocenters. The van der Waals surface area contributed by atoms with Crippen LogP contribution in [0, 0.1) is 0 Å². The van der Waals surface area contributed by atoms with Crippen LogP contribution in [-0.4, -0.2) is 48.9 Å². The van der Waals surface area contributed by atoms with Crippen molar-refractivity contribution in [2.75, 3.05) is 26.4 Å². The molecule has 0 radical (unpaired) electrons. The summed E-state index contributed by atoms with van der Waals surface area (Å²) in [4.78, 5) is 26.7. The van der Waals surface area contributed by atoms with Crippen LogP contribution in [0.3, 0.4) is 0 Å². The van der Waals surface area contributed by atoms with E-state index >= 15 is 0 Å². The molecular weight excluding hydrogens is 338 g/mol. The number of guanidine groups is 1. The van der Waals surface area contributed by atoms with E-state index in [2.05, 4.69) is 41.0 Å². The number of nitrogens with two attached hydrogens (primary N) is 1. The number of rotatable bonds is 8. The molecule has 0 heterocycles. The first-order chi connectivity index (χ1) is 11.8. The molecule has 0 atom stereocenters. The Morgan fingerprint density at radius 3 is 2.32 bits per heavy atom. The first-order valence-electron chi connectivity index (χ1n) is 7.92. The number of hydrogen-bond donors (Lipinski definition) is 4. The standard InChI is InChI=1S/C17H27N5O2S/c1-17(2,25-4)11-22-16(19-3)21-9-12-5-7-13(8-6-12)15(24)20-10-14(18)23/h5-8H,9-11H2,1-4H3,(H2,18,23)(H,20,24)(H2,19,21,22). The second kappa shape index (κ2) is 9.93. The van der Waals surface area contributed by atoms with E-state index in [4.69, 9.17) is 5.73 Å². The SMILES string of the molecule is CN=C(NCc1ccc(C(=O)NCC(N)=O)cc1)NCC(C)(C)SC. The van der Waals surface area contributed by atoms with Crippen molar-refractivity contribution in [3.05, 3.63) is 35.4 Å². The Labute approximate surface area is 153 Å². The second-order valence-corrected chi connectivity index (χ2v) is 7.60. The molecule has 0 spiro atoms. The van der Waals surface area contributed by atoms with Crippen molar-refractivity contribution in [2.24, 2.45) is 10.7 Å². The second-order valence-electron chi connectivity index (χ2n) is 6.09. The molecule has 1 aromatic rings. The highest BCUT2D eigenvalue weighted by Crippen LogP contribution is 2.19. The van der Waals surface area contributed by atoms with Crippen LogP contribution in [0.1, 0.15) is 29.8 Å². The van der Waals surface area contributed by atoms with Gasteiger partial charge in [0.2, 0.25) is 5.91 Å². The largest absolute Gasteiger partial charge is 0.368 e. The van der Waals surface area contributed by atoms with Crippen molar-refractivity contribution in [1.29, 1.82) is 0 Å². The fourth-order valence-electron chi connectivity index (χ4n) is 1.82. The van der Waals surface area contributed by atoms with Crippen molar-refractivity contribution in [3.63, 3.8) is 0 Å². The van der Waals surface area contributed by atoms with E-state index < -0.39 is 5.91 Å². The minimum Gasteiger partial charge on any atom is -0.368 e. The fraction of sp³-hybridized carbons (Fsp3) is 0.471. The summed E-state index contributed by atoms with van der Waals surface area (Å²) in [5, 5.41) is 8.99. The summed E-state index contributed by atoms with van der Waals surface area (Å²) in [6.45, 7) is 5.55. The van der Waals surface area contributed by atoms with E-state index in [1.54, 1.807) is 30.9 Å². The van der Waals surface area contributed by atoms with Crippen molar-refractivity contribution < 1.29 is 9.59 Å². The maximum atomic E-state index is 11.8. The summed E-state index contributed by atoms with van der Waals surface area (Å²) in [7, 11) is 1.73. The molecule has 0 aliphatic rings. The summed E-state index contributed by atoms with van der Waals surface area (Å²) in [6.07, 6.45) is 2.08. The summed E-state index contributed by atoms with van der Waals surface area (Å²) >= 11 is 1.79. The maximum absolute atomic E-state index is 11.8. The Morgan fingerprint density at radius 1 is 1.16 bits per heavy atom. The molecule has 138 valence electrons. The first kappa shape index (κ1) is 20.8. The zero-order valence-corrected chi connectivity index (χ0v) is 16.0. The van der Waals surface area contributed by atoms with Gasteiger partial charge in [0.25, 0.3) is 5.91 Å². The Hall–Kier alpha value is -2.22. The normalized spacial score (nSPS) is 11.8. The number of nitrogens with one attached hydrogen (secondary N) is 3. The number of amides is 2. The van der Waals surface area contributed by atoms with E-state index in [9.17, 15) is 9.59 Å². The van der Waals surface area contributed by atoms with Gasteiger partial charge in [-0.2, -0.15) is 11.8 Å². The molecule has 1 rings (SSSR count). The van der Waals surface area contributed by atoms with Gasteiger partial charge in [-0.25, -0.2) is 0 Å². The average molecular weight is 366 g/mol. The van der Waals surface area contributed by atoms with Crippen molar-refractivity contribution in [3.8, 4) is 0 Å². The lowest BCUT2D eigenvalue weighted by Gasteiger charge is -2.23. The summed E-state index contributed by atoms with van der Waals surface area (Å²) in [6, 6.07) is 7.12. The molecule has 7 nitrogen and oxygen atoms in total. The number of hydrogen-bond acceptors (Lipinski definition) is 4. The first-order valence-corrected chi connectivity index (χ1v) is 9.15. The Bertz CT molecular complexity index is 614. The van der Waals surface area contributed by atoms with E-state index in [-0.39, 0.29) is 17.2 Å². The van der Waals surface area contributed by atoms with Crippen molar-refractivity contribution >= 4 is 29.5 Å². The highest BCUT2D eigenvalue weighted by atomic mass is 32.2. The number of primary amides is 1. The maximum Gasteiger partial charge on any atom is 0.251 e. The van der Waals surface area contributed by atoms with Crippen LogP contribution in [0.25, 0.3) is 0 Å². The number of carbonyl (C=O) groups is 2. The minimum atomic E-state index is -0.572. The number of thioether (sulfide) groups is 1. The van der Waals surface area contributed by atoms with Gasteiger partial charge in [0, 0.05) is 30.4 Å². The highest BCUT2D eigenvalue weighted by molar-refractivity contribution is 7.99. The molecule has 0 aliphatic carbocycles. The zero-order valence-electron chi connectivity index (χ0n) is 15.2. The minimum absolute atomic E-state index is 0.123. The van der Waals surface area contributed by atoms with Gasteiger partial charge in [0.1, 0.15) is 0 Å². The highest BCUT2D eigenvalue weighted by Gasteiger charge is 2.16. The smallest absolute Gasteiger partial charge is 0.251 e. The molecule has 5 N–H and O–H groups in total. The Morgan fingerprint density at radius 2 is 1.80 bits per heavy atom. The number of aliphatic imine (C=N–C) groups is 1. The van der Waals surface area contributed by atoms with E-state index in [0.717, 1.165) is 18.1 Å². The molecular formula is C17H27N5O2S. The van der Waals surface area contributed by atoms with Gasteiger partial charge in [-0.3, -0.25) is 14.6 Å². The third-order valence-corrected chi connectivity index (χ3v) is 4.81. The lowest BCUT2D eigenvalue weighted by molar-refractivity contribution is -0.117. The molecule has 2 amide bonds. The quantitative estimate of drug-likeness (QED) is 0.401. The lowest BCUT2D eigenvalue weighted by Crippen LogP contribution is -2.43. The van der Waals surface area contributed by atoms with E-state index in [0.29, 0.717) is 12.1 Å². The summed E-state index contributed by atoms with van der Waals surface area (Å²) < 4.78 is 0.123. The third kappa shape index (κ3) is 7.93. The van der Waals surface area contributed by atoms with Gasteiger partial charge >= 0.3 is 0 Å². The van der Waals surface area contributed by atoms with Crippen LogP contribution < -0.4 is 21.7 Å². The molecule has 0 aliphatic heterocycles. The number of benzene rings is 1. The third-order valence-electron chi connectivity index (χ3n) is 3.56. The van der Waals surface area contributed by atoms with E-state index in [1.165, 1.54) is 0 Å². The molecule has 0 bridgehead atoms. The molecule has 0 saturated heterocycles. The van der Waals surface area contributed by atoms with E-state index in [1.807, 2.05) is 12.1 Å². The molecule has 1 aromatic carbocycles. The van der Waals surface area contributed by atoms with Crippen LogP contribution in [-0.2, 0) is 11.3 Å². The number of carbonyl (C=O) groups excluding carboxylic acids is 2. The molecule has 25 heavy (non-hydrogen) atoms. The molecule has 0 aromatic heterocycles. The van der Waals surface area contributed by atoms with Crippen LogP contribution >= 0.6 is 11.8 Å². The Kier molecular flexibility index (Phi) is 8.27. The summed E-state index contributed by atoms with van der Waals surface area (Å²) in [5.74, 6) is -0.168. The van der Waals surface area contributed by atoms with Gasteiger partial charge in [-0.15, -0.1) is 0 Å². The number of nitrogens with zero attached hydrogens (tertiary/aromatic N) is 1. The Balaban J connectivity index is 2.51. The topological polar surface area (TPSA) is 109 Å². The summed E-state index contributed by atoms with van der Waals surface area (Å²) in [5.41, 5.74) is 6.50. The molecule has 8 heteroatoms. The van der Waals surface area contributed by atoms with Crippen LogP contribution in [0.2, 0.25) is 0 Å². The predicted octanol–water partition coefficient (Wildman–Crippen LogP) is 0.708. The molecule has 0 saturated carbocycles. The average Bonchev–Trinajstić information content (AvgIpc) is 2.60. The van der Waals surface area contributed by atoms with Crippen molar-refractivity contribution in [1.82, 2.24) is 16.0 Å². The van der Waals surface area contributed by atoms with Gasteiger partial charge in [-0.1, -0.05) is 12.1 Å². The molecule has 0 fully saturated rings. The van der Waals surface area contributed by atoms with Gasteiger partial charge in [0.05, 0.1) is 6.54 Å². The van der Waals surface area contributed by atoms with Crippen LogP contribution in [0.5, 0.6) is 0 Å². The zero-order chi connectivity index (χ0) is 18.9. The van der Waals surface area contributed by atoms with Crippen molar-refractivity contribution in [2.45, 2.75) is 25.1 Å². The monoisotopic (exact) mass is 365 g/mol. The van der Waals surface area contributed by atoms with Gasteiger partial charge < -0.3 is 21.7 Å². The van der Waals surface area contributed by atoms with Gasteiger partial charge in [-0.05, 0) is 37.8 Å². The lowest BCUT2D eigenvalue weighted by atomic mass is 10.1. The van der Waals surface area contributed by atoms with Crippen LogP contribution in [0.4, 0.5) is 0 Å². The predicted molar refractivity (Wildman–Crippen MR) is 104 cm³/mol. The van der Waals surface area contributed by atoms with Crippen LogP contribution in [0.15, 0.2) is 29.3 Å². The fourth-order valence-corrected chi connectivity index (χ4v) is 2.04.